The molecule has 1 aromatic heterocycles. The minimum absolute atomic E-state index is 0.202. The summed E-state index contributed by atoms with van der Waals surface area (Å²) in [6, 6.07) is 21.6. The Bertz CT molecular complexity index is 1230. The number of carbonyl (C=O) groups is 1. The van der Waals surface area contributed by atoms with E-state index in [2.05, 4.69) is 47.4 Å². The molecule has 4 aromatic rings. The molecule has 1 amide bonds. The maximum atomic E-state index is 12.2. The molecule has 32 heavy (non-hydrogen) atoms. The normalized spacial score (nSPS) is 11.2. The lowest BCUT2D eigenvalue weighted by molar-refractivity contribution is -0.118. The molecular weight excluding hydrogens is 574 g/mol. The van der Waals surface area contributed by atoms with Crippen LogP contribution in [0.15, 0.2) is 85.1 Å². The zero-order valence-corrected chi connectivity index (χ0v) is 21.4. The maximum absolute atomic E-state index is 12.2. The summed E-state index contributed by atoms with van der Waals surface area (Å²) < 4.78 is 9.65. The fraction of sp³-hybridized carbons (Fsp3) is 0.0870. The second kappa shape index (κ2) is 11.1. The van der Waals surface area contributed by atoms with E-state index in [-0.39, 0.29) is 11.7 Å². The van der Waals surface area contributed by atoms with E-state index in [9.17, 15) is 4.79 Å². The lowest BCUT2D eigenvalue weighted by Gasteiger charge is -2.12. The molecule has 0 fully saturated rings. The number of hydrogen-bond donors (Lipinski definition) is 1. The number of thiazole rings is 1. The molecule has 0 radical (unpaired) electrons. The molecule has 1 heterocycles. The molecule has 3 aromatic carbocycles. The number of benzene rings is 3. The molecule has 0 aliphatic rings. The van der Waals surface area contributed by atoms with Crippen molar-refractivity contribution in [2.24, 2.45) is 5.10 Å². The predicted octanol–water partition coefficient (Wildman–Crippen LogP) is 6.64. The van der Waals surface area contributed by atoms with Crippen LogP contribution in [0.4, 0.5) is 0 Å². The Kier molecular flexibility index (Phi) is 7.96. The van der Waals surface area contributed by atoms with Crippen molar-refractivity contribution in [2.45, 2.75) is 10.9 Å². The molecule has 0 spiro atoms. The van der Waals surface area contributed by atoms with Gasteiger partial charge in [0.1, 0.15) is 12.4 Å². The highest BCUT2D eigenvalue weighted by molar-refractivity contribution is 9.11. The van der Waals surface area contributed by atoms with E-state index in [1.165, 1.54) is 11.8 Å². The smallest absolute Gasteiger partial charge is 0.250 e. The lowest BCUT2D eigenvalue weighted by Crippen LogP contribution is -2.19. The first kappa shape index (κ1) is 23.0. The van der Waals surface area contributed by atoms with Gasteiger partial charge < -0.3 is 4.74 Å². The largest absolute Gasteiger partial charge is 0.487 e. The number of aromatic nitrogens is 1. The van der Waals surface area contributed by atoms with E-state index in [0.717, 1.165) is 34.6 Å². The number of para-hydroxylation sites is 1. The highest BCUT2D eigenvalue weighted by atomic mass is 79.9. The van der Waals surface area contributed by atoms with Crippen LogP contribution in [0.3, 0.4) is 0 Å². The number of halogens is 2. The third-order valence-corrected chi connectivity index (χ3v) is 7.48. The van der Waals surface area contributed by atoms with Crippen LogP contribution in [0.5, 0.6) is 5.75 Å². The number of amides is 1. The Balaban J connectivity index is 1.37. The topological polar surface area (TPSA) is 63.6 Å². The van der Waals surface area contributed by atoms with Crippen LogP contribution in [0.1, 0.15) is 11.1 Å². The average Bonchev–Trinajstić information content (AvgIpc) is 3.21. The molecule has 5 nitrogen and oxygen atoms in total. The third-order valence-electron chi connectivity index (χ3n) is 4.26. The summed E-state index contributed by atoms with van der Waals surface area (Å²) >= 11 is 10.0. The van der Waals surface area contributed by atoms with Crippen molar-refractivity contribution in [3.63, 3.8) is 0 Å². The van der Waals surface area contributed by atoms with Gasteiger partial charge in [-0.25, -0.2) is 10.4 Å². The van der Waals surface area contributed by atoms with Crippen LogP contribution in [-0.2, 0) is 11.4 Å². The van der Waals surface area contributed by atoms with Gasteiger partial charge in [0.05, 0.1) is 26.7 Å². The molecule has 0 saturated heterocycles. The van der Waals surface area contributed by atoms with E-state index in [1.807, 2.05) is 66.7 Å². The van der Waals surface area contributed by atoms with Crippen molar-refractivity contribution in [1.29, 1.82) is 0 Å². The molecule has 1 N–H and O–H groups in total. The zero-order valence-electron chi connectivity index (χ0n) is 16.6. The van der Waals surface area contributed by atoms with Gasteiger partial charge in [0, 0.05) is 10.0 Å². The minimum atomic E-state index is -0.202. The summed E-state index contributed by atoms with van der Waals surface area (Å²) in [5.41, 5.74) is 5.32. The Morgan fingerprint density at radius 3 is 2.72 bits per heavy atom. The summed E-state index contributed by atoms with van der Waals surface area (Å²) in [6.07, 6.45) is 1.58. The van der Waals surface area contributed by atoms with Gasteiger partial charge in [-0.3, -0.25) is 4.79 Å². The SMILES string of the molecule is O=C(CSc1nc2ccccc2s1)N/N=C\c1cc(Br)cc(Br)c1OCc1ccccc1. The number of nitrogens with zero attached hydrogens (tertiary/aromatic N) is 2. The van der Waals surface area contributed by atoms with Crippen LogP contribution in [0, 0.1) is 0 Å². The average molecular weight is 591 g/mol. The fourth-order valence-electron chi connectivity index (χ4n) is 2.80. The number of rotatable bonds is 8. The standard InChI is InChI=1S/C23H17Br2N3O2S2/c24-17-10-16(22(18(25)11-17)30-13-15-6-2-1-3-7-15)12-26-28-21(29)14-31-23-27-19-8-4-5-9-20(19)32-23/h1-12H,13-14H2,(H,28,29)/b26-12-. The van der Waals surface area contributed by atoms with Gasteiger partial charge in [0.2, 0.25) is 0 Å². The van der Waals surface area contributed by atoms with Gasteiger partial charge in [-0.1, -0.05) is 70.2 Å². The summed E-state index contributed by atoms with van der Waals surface area (Å²) in [4.78, 5) is 16.8. The Morgan fingerprint density at radius 2 is 1.91 bits per heavy atom. The summed E-state index contributed by atoms with van der Waals surface area (Å²) in [7, 11) is 0. The molecule has 0 unspecified atom stereocenters. The number of hydrogen-bond acceptors (Lipinski definition) is 6. The Labute approximate surface area is 210 Å². The highest BCUT2D eigenvalue weighted by Gasteiger charge is 2.10. The van der Waals surface area contributed by atoms with Gasteiger partial charge in [0.25, 0.3) is 5.91 Å². The van der Waals surface area contributed by atoms with Gasteiger partial charge in [-0.05, 0) is 45.8 Å². The second-order valence-electron chi connectivity index (χ2n) is 6.61. The maximum Gasteiger partial charge on any atom is 0.250 e. The Morgan fingerprint density at radius 1 is 1.12 bits per heavy atom. The van der Waals surface area contributed by atoms with Crippen molar-refractivity contribution in [3.05, 3.63) is 86.8 Å². The Hall–Kier alpha value is -2.20. The van der Waals surface area contributed by atoms with Crippen LogP contribution in [-0.4, -0.2) is 22.9 Å². The fourth-order valence-corrected chi connectivity index (χ4v) is 6.04. The summed E-state index contributed by atoms with van der Waals surface area (Å²) in [6.45, 7) is 0.424. The number of thioether (sulfide) groups is 1. The molecular formula is C23H17Br2N3O2S2. The van der Waals surface area contributed by atoms with E-state index < -0.39 is 0 Å². The molecule has 162 valence electrons. The van der Waals surface area contributed by atoms with Crippen molar-refractivity contribution in [1.82, 2.24) is 10.4 Å². The molecule has 0 aliphatic heterocycles. The van der Waals surface area contributed by atoms with Crippen molar-refractivity contribution < 1.29 is 9.53 Å². The van der Waals surface area contributed by atoms with E-state index in [1.54, 1.807) is 17.6 Å². The summed E-state index contributed by atoms with van der Waals surface area (Å²) in [5, 5.41) is 4.12. The van der Waals surface area contributed by atoms with Crippen LogP contribution in [0.25, 0.3) is 10.2 Å². The van der Waals surface area contributed by atoms with E-state index in [0.29, 0.717) is 12.4 Å². The van der Waals surface area contributed by atoms with E-state index in [4.69, 9.17) is 4.74 Å². The third kappa shape index (κ3) is 6.19. The van der Waals surface area contributed by atoms with Crippen LogP contribution in [0.2, 0.25) is 0 Å². The monoisotopic (exact) mass is 589 g/mol. The molecule has 0 atom stereocenters. The highest BCUT2D eigenvalue weighted by Crippen LogP contribution is 2.33. The first-order valence-electron chi connectivity index (χ1n) is 9.54. The van der Waals surface area contributed by atoms with Crippen LogP contribution >= 0.6 is 55.0 Å². The molecule has 0 aliphatic carbocycles. The van der Waals surface area contributed by atoms with Gasteiger partial charge in [-0.15, -0.1) is 11.3 Å². The number of fused-ring (bicyclic) bond motifs is 1. The minimum Gasteiger partial charge on any atom is -0.487 e. The summed E-state index contributed by atoms with van der Waals surface area (Å²) in [5.74, 6) is 0.682. The second-order valence-corrected chi connectivity index (χ2v) is 10.6. The van der Waals surface area contributed by atoms with Crippen molar-refractivity contribution >= 4 is 77.3 Å². The molecule has 4 rings (SSSR count). The number of carbonyl (C=O) groups excluding carboxylic acids is 1. The number of ether oxygens (including phenoxy) is 1. The lowest BCUT2D eigenvalue weighted by atomic mass is 10.2. The predicted molar refractivity (Wildman–Crippen MR) is 139 cm³/mol. The number of nitrogens with one attached hydrogen (secondary N) is 1. The van der Waals surface area contributed by atoms with Gasteiger partial charge >= 0.3 is 0 Å². The van der Waals surface area contributed by atoms with Crippen LogP contribution < -0.4 is 10.2 Å². The van der Waals surface area contributed by atoms with Gasteiger partial charge in [-0.2, -0.15) is 5.10 Å². The van der Waals surface area contributed by atoms with Gasteiger partial charge in [0.15, 0.2) is 4.34 Å². The number of hydrazone groups is 1. The molecule has 0 bridgehead atoms. The van der Waals surface area contributed by atoms with Crippen molar-refractivity contribution in [3.8, 4) is 5.75 Å². The van der Waals surface area contributed by atoms with E-state index >= 15 is 0 Å². The quantitative estimate of drug-likeness (QED) is 0.142. The van der Waals surface area contributed by atoms with Crippen molar-refractivity contribution in [2.75, 3.05) is 5.75 Å². The first-order chi connectivity index (χ1) is 15.6. The zero-order chi connectivity index (χ0) is 22.3. The molecule has 0 saturated carbocycles. The molecule has 9 heteroatoms. The first-order valence-corrected chi connectivity index (χ1v) is 12.9.